The van der Waals surface area contributed by atoms with Gasteiger partial charge in [-0.05, 0) is 25.1 Å². The maximum absolute atomic E-state index is 12.5. The summed E-state index contributed by atoms with van der Waals surface area (Å²) >= 11 is 5.89. The van der Waals surface area contributed by atoms with Gasteiger partial charge in [-0.3, -0.25) is 4.79 Å². The fourth-order valence-electron chi connectivity index (χ4n) is 1.81. The molecule has 0 amide bonds. The van der Waals surface area contributed by atoms with Crippen LogP contribution in [0.15, 0.2) is 42.3 Å². The first-order chi connectivity index (χ1) is 9.06. The van der Waals surface area contributed by atoms with Crippen LogP contribution in [-0.2, 0) is 0 Å². The van der Waals surface area contributed by atoms with E-state index in [1.165, 1.54) is 10.6 Å². The number of rotatable bonds is 3. The highest BCUT2D eigenvalue weighted by Crippen LogP contribution is 2.18. The highest BCUT2D eigenvalue weighted by atomic mass is 35.5. The van der Waals surface area contributed by atoms with Crippen LogP contribution >= 0.6 is 11.6 Å². The standard InChI is InChI=1S/C14H12ClN3O/c1-4-11-13(9(2)15)14(19)18(10(3)17-11)12-7-5-6-8-16-12/h4-8H,1-2H2,3H3. The molecule has 2 rings (SSSR count). The summed E-state index contributed by atoms with van der Waals surface area (Å²) < 4.78 is 1.40. The van der Waals surface area contributed by atoms with Crippen LogP contribution in [-0.4, -0.2) is 14.5 Å². The predicted octanol–water partition coefficient (Wildman–Crippen LogP) is 2.79. The van der Waals surface area contributed by atoms with E-state index >= 15 is 0 Å². The van der Waals surface area contributed by atoms with E-state index < -0.39 is 0 Å². The van der Waals surface area contributed by atoms with Crippen LogP contribution in [0.4, 0.5) is 0 Å². The topological polar surface area (TPSA) is 47.8 Å². The Bertz CT molecular complexity index is 705. The smallest absolute Gasteiger partial charge is 0.268 e. The summed E-state index contributed by atoms with van der Waals surface area (Å²) in [5, 5.41) is 0.136. The molecule has 96 valence electrons. The third-order valence-electron chi connectivity index (χ3n) is 2.62. The number of hydrogen-bond acceptors (Lipinski definition) is 3. The molecule has 0 saturated carbocycles. The van der Waals surface area contributed by atoms with Crippen molar-refractivity contribution in [3.05, 3.63) is 65.0 Å². The summed E-state index contributed by atoms with van der Waals surface area (Å²) in [6, 6.07) is 5.30. The SMILES string of the molecule is C=Cc1nc(C)n(-c2ccccn2)c(=O)c1C(=C)Cl. The molecule has 19 heavy (non-hydrogen) atoms. The minimum Gasteiger partial charge on any atom is -0.268 e. The Kier molecular flexibility index (Phi) is 3.62. The largest absolute Gasteiger partial charge is 0.268 e. The van der Waals surface area contributed by atoms with Crippen molar-refractivity contribution in [1.29, 1.82) is 0 Å². The van der Waals surface area contributed by atoms with Crippen molar-refractivity contribution in [3.63, 3.8) is 0 Å². The highest BCUT2D eigenvalue weighted by molar-refractivity contribution is 6.48. The fourth-order valence-corrected chi connectivity index (χ4v) is 1.98. The fraction of sp³-hybridized carbons (Fsp3) is 0.0714. The molecule has 0 spiro atoms. The maximum Gasteiger partial charge on any atom is 0.268 e. The van der Waals surface area contributed by atoms with E-state index in [0.29, 0.717) is 17.3 Å². The second kappa shape index (κ2) is 5.20. The van der Waals surface area contributed by atoms with Gasteiger partial charge < -0.3 is 0 Å². The zero-order valence-electron chi connectivity index (χ0n) is 10.4. The number of pyridine rings is 1. The van der Waals surface area contributed by atoms with Gasteiger partial charge in [-0.1, -0.05) is 30.8 Å². The van der Waals surface area contributed by atoms with Gasteiger partial charge in [0.15, 0.2) is 0 Å². The lowest BCUT2D eigenvalue weighted by molar-refractivity contribution is 0.835. The molecular formula is C14H12ClN3O. The molecule has 2 heterocycles. The number of hydrogen-bond donors (Lipinski definition) is 0. The lowest BCUT2D eigenvalue weighted by atomic mass is 10.2. The summed E-state index contributed by atoms with van der Waals surface area (Å²) in [6.07, 6.45) is 3.10. The van der Waals surface area contributed by atoms with Crippen molar-refractivity contribution in [1.82, 2.24) is 14.5 Å². The van der Waals surface area contributed by atoms with Crippen LogP contribution in [0.1, 0.15) is 17.1 Å². The average molecular weight is 274 g/mol. The first-order valence-corrected chi connectivity index (χ1v) is 5.96. The van der Waals surface area contributed by atoms with E-state index in [4.69, 9.17) is 11.6 Å². The first kappa shape index (κ1) is 13.2. The van der Waals surface area contributed by atoms with Gasteiger partial charge in [-0.15, -0.1) is 0 Å². The number of nitrogens with zero attached hydrogens (tertiary/aromatic N) is 3. The van der Waals surface area contributed by atoms with Crippen LogP contribution in [0.25, 0.3) is 16.9 Å². The Morgan fingerprint density at radius 1 is 1.47 bits per heavy atom. The van der Waals surface area contributed by atoms with E-state index in [2.05, 4.69) is 23.1 Å². The van der Waals surface area contributed by atoms with E-state index in [0.717, 1.165) is 0 Å². The number of halogens is 1. The number of aromatic nitrogens is 3. The molecular weight excluding hydrogens is 262 g/mol. The van der Waals surface area contributed by atoms with Gasteiger partial charge in [0, 0.05) is 11.2 Å². The Labute approximate surface area is 115 Å². The van der Waals surface area contributed by atoms with Crippen molar-refractivity contribution in [2.75, 3.05) is 0 Å². The van der Waals surface area contributed by atoms with Gasteiger partial charge >= 0.3 is 0 Å². The second-order valence-electron chi connectivity index (χ2n) is 3.86. The summed E-state index contributed by atoms with van der Waals surface area (Å²) in [4.78, 5) is 21.0. The van der Waals surface area contributed by atoms with Gasteiger partial charge in [0.25, 0.3) is 5.56 Å². The second-order valence-corrected chi connectivity index (χ2v) is 4.31. The molecule has 0 aromatic carbocycles. The van der Waals surface area contributed by atoms with Gasteiger partial charge in [0.05, 0.1) is 11.3 Å². The molecule has 0 radical (unpaired) electrons. The van der Waals surface area contributed by atoms with E-state index in [9.17, 15) is 4.79 Å². The van der Waals surface area contributed by atoms with E-state index in [1.54, 1.807) is 31.3 Å². The monoisotopic (exact) mass is 273 g/mol. The lowest BCUT2D eigenvalue weighted by Crippen LogP contribution is -2.26. The van der Waals surface area contributed by atoms with Gasteiger partial charge in [-0.2, -0.15) is 0 Å². The molecule has 0 aliphatic carbocycles. The molecule has 0 atom stereocenters. The molecule has 4 nitrogen and oxygen atoms in total. The molecule has 0 fully saturated rings. The van der Waals surface area contributed by atoms with Crippen molar-refractivity contribution in [2.45, 2.75) is 6.92 Å². The minimum atomic E-state index is -0.305. The minimum absolute atomic E-state index is 0.136. The molecule has 0 unspecified atom stereocenters. The highest BCUT2D eigenvalue weighted by Gasteiger charge is 2.15. The van der Waals surface area contributed by atoms with Crippen molar-refractivity contribution in [2.24, 2.45) is 0 Å². The zero-order valence-corrected chi connectivity index (χ0v) is 11.2. The Balaban J connectivity index is 2.84. The number of aryl methyl sites for hydroxylation is 1. The van der Waals surface area contributed by atoms with Gasteiger partial charge in [-0.25, -0.2) is 14.5 Å². The van der Waals surface area contributed by atoms with Crippen LogP contribution in [0.5, 0.6) is 0 Å². The lowest BCUT2D eigenvalue weighted by Gasteiger charge is -2.12. The molecule has 0 saturated heterocycles. The molecule has 2 aromatic heterocycles. The quantitative estimate of drug-likeness (QED) is 0.864. The summed E-state index contributed by atoms with van der Waals surface area (Å²) in [5.74, 6) is 1.01. The van der Waals surface area contributed by atoms with Crippen molar-refractivity contribution in [3.8, 4) is 5.82 Å². The van der Waals surface area contributed by atoms with Gasteiger partial charge in [0.2, 0.25) is 0 Å². The molecule has 0 bridgehead atoms. The zero-order chi connectivity index (χ0) is 14.0. The molecule has 5 heteroatoms. The summed E-state index contributed by atoms with van der Waals surface area (Å²) in [6.45, 7) is 8.96. The van der Waals surface area contributed by atoms with E-state index in [-0.39, 0.29) is 16.2 Å². The average Bonchev–Trinajstić information content (AvgIpc) is 2.38. The summed E-state index contributed by atoms with van der Waals surface area (Å²) in [5.41, 5.74) is 0.365. The maximum atomic E-state index is 12.5. The Hall–Kier alpha value is -2.20. The van der Waals surface area contributed by atoms with Crippen molar-refractivity contribution >= 4 is 22.7 Å². The first-order valence-electron chi connectivity index (χ1n) is 5.58. The Morgan fingerprint density at radius 2 is 2.21 bits per heavy atom. The normalized spacial score (nSPS) is 10.2. The molecule has 0 N–H and O–H groups in total. The molecule has 0 aliphatic rings. The van der Waals surface area contributed by atoms with Crippen LogP contribution in [0.3, 0.4) is 0 Å². The van der Waals surface area contributed by atoms with Crippen molar-refractivity contribution < 1.29 is 0 Å². The molecule has 2 aromatic rings. The third-order valence-corrected chi connectivity index (χ3v) is 2.81. The Morgan fingerprint density at radius 3 is 2.74 bits per heavy atom. The summed E-state index contributed by atoms with van der Waals surface area (Å²) in [7, 11) is 0. The van der Waals surface area contributed by atoms with Crippen LogP contribution in [0.2, 0.25) is 0 Å². The van der Waals surface area contributed by atoms with Crippen LogP contribution < -0.4 is 5.56 Å². The van der Waals surface area contributed by atoms with Gasteiger partial charge in [0.1, 0.15) is 11.6 Å². The van der Waals surface area contributed by atoms with Crippen LogP contribution in [0, 0.1) is 6.92 Å². The van der Waals surface area contributed by atoms with E-state index in [1.807, 2.05) is 0 Å². The molecule has 0 aliphatic heterocycles. The predicted molar refractivity (Wildman–Crippen MR) is 77.3 cm³/mol. The third kappa shape index (κ3) is 2.35.